The molecule has 1 heterocycles. The Bertz CT molecular complexity index is 757. The molecule has 0 saturated carbocycles. The Kier molecular flexibility index (Phi) is 6.20. The van der Waals surface area contributed by atoms with Gasteiger partial charge in [0.15, 0.2) is 12.4 Å². The van der Waals surface area contributed by atoms with Gasteiger partial charge < -0.3 is 10.1 Å². The van der Waals surface area contributed by atoms with Crippen LogP contribution in [0.4, 0.5) is 10.1 Å². The lowest BCUT2D eigenvalue weighted by molar-refractivity contribution is -0.147. The summed E-state index contributed by atoms with van der Waals surface area (Å²) in [5, 5.41) is 2.30. The van der Waals surface area contributed by atoms with Gasteiger partial charge in [0.2, 0.25) is 0 Å². The first-order valence-corrected chi connectivity index (χ1v) is 8.07. The Morgan fingerprint density at radius 2 is 1.88 bits per heavy atom. The van der Waals surface area contributed by atoms with Gasteiger partial charge in [-0.05, 0) is 31.2 Å². The lowest BCUT2D eigenvalue weighted by atomic mass is 10.2. The van der Waals surface area contributed by atoms with Crippen LogP contribution in [0.1, 0.15) is 27.4 Å². The highest BCUT2D eigenvalue weighted by atomic mass is 32.1. The highest BCUT2D eigenvalue weighted by Gasteiger charge is 2.13. The van der Waals surface area contributed by atoms with Crippen molar-refractivity contribution in [1.82, 2.24) is 0 Å². The molecule has 1 aromatic carbocycles. The summed E-state index contributed by atoms with van der Waals surface area (Å²) >= 11 is 1.37. The average Bonchev–Trinajstić information content (AvgIpc) is 2.99. The maximum absolute atomic E-state index is 13.4. The van der Waals surface area contributed by atoms with Crippen molar-refractivity contribution in [3.63, 3.8) is 0 Å². The second kappa shape index (κ2) is 8.35. The van der Waals surface area contributed by atoms with Gasteiger partial charge in [0.05, 0.1) is 17.0 Å². The number of thiophene rings is 1. The number of Topliss-reactive ketones (excluding diaryl/α,β-unsaturated/α-hetero) is 1. The lowest BCUT2D eigenvalue weighted by Gasteiger charge is -2.07. The highest BCUT2D eigenvalue weighted by molar-refractivity contribution is 7.14. The Morgan fingerprint density at radius 3 is 2.54 bits per heavy atom. The summed E-state index contributed by atoms with van der Waals surface area (Å²) < 4.78 is 18.1. The van der Waals surface area contributed by atoms with E-state index in [2.05, 4.69) is 5.32 Å². The maximum Gasteiger partial charge on any atom is 0.306 e. The van der Waals surface area contributed by atoms with E-state index in [1.54, 1.807) is 12.1 Å². The molecule has 7 heteroatoms. The van der Waals surface area contributed by atoms with Crippen LogP contribution in [0.25, 0.3) is 0 Å². The van der Waals surface area contributed by atoms with Crippen LogP contribution < -0.4 is 5.32 Å². The van der Waals surface area contributed by atoms with Crippen molar-refractivity contribution >= 4 is 34.7 Å². The van der Waals surface area contributed by atoms with Crippen molar-refractivity contribution in [3.05, 3.63) is 52.0 Å². The zero-order chi connectivity index (χ0) is 17.5. The number of carbonyl (C=O) groups excluding carboxylic acids is 3. The van der Waals surface area contributed by atoms with Crippen LogP contribution >= 0.6 is 11.3 Å². The second-order valence-electron chi connectivity index (χ2n) is 5.02. The number of ketones is 1. The first-order valence-electron chi connectivity index (χ1n) is 7.25. The smallest absolute Gasteiger partial charge is 0.306 e. The van der Waals surface area contributed by atoms with Crippen molar-refractivity contribution in [2.24, 2.45) is 0 Å². The fraction of sp³-hybridized carbons (Fsp3) is 0.235. The van der Waals surface area contributed by atoms with Gasteiger partial charge in [-0.3, -0.25) is 14.4 Å². The maximum atomic E-state index is 13.4. The molecule has 1 amide bonds. The predicted octanol–water partition coefficient (Wildman–Crippen LogP) is 3.34. The molecule has 0 unspecified atom stereocenters. The third-order valence-corrected chi connectivity index (χ3v) is 4.13. The van der Waals surface area contributed by atoms with Crippen LogP contribution in [0.5, 0.6) is 0 Å². The molecule has 0 saturated heterocycles. The van der Waals surface area contributed by atoms with Crippen LogP contribution in [0.15, 0.2) is 36.4 Å². The number of amides is 1. The topological polar surface area (TPSA) is 72.5 Å². The van der Waals surface area contributed by atoms with Gasteiger partial charge in [0.25, 0.3) is 5.91 Å². The van der Waals surface area contributed by atoms with Crippen molar-refractivity contribution in [1.29, 1.82) is 0 Å². The Hall–Kier alpha value is -2.54. The van der Waals surface area contributed by atoms with Gasteiger partial charge in [-0.2, -0.15) is 0 Å². The Balaban J connectivity index is 1.72. The molecule has 24 heavy (non-hydrogen) atoms. The van der Waals surface area contributed by atoms with Crippen molar-refractivity contribution < 1.29 is 23.5 Å². The second-order valence-corrected chi connectivity index (χ2v) is 6.31. The van der Waals surface area contributed by atoms with Crippen LogP contribution in [0.3, 0.4) is 0 Å². The average molecular weight is 349 g/mol. The van der Waals surface area contributed by atoms with E-state index in [4.69, 9.17) is 4.74 Å². The monoisotopic (exact) mass is 349 g/mol. The standard InChI is InChI=1S/C17H16FNO4S/c1-11-6-8-15(24-11)14(20)7-9-17(22)23-10-16(21)19-13-5-3-2-4-12(13)18/h2-6,8H,7,9-10H2,1H3,(H,19,21). The number of aryl methyl sites for hydroxylation is 1. The molecular weight excluding hydrogens is 333 g/mol. The number of anilines is 1. The molecule has 126 valence electrons. The van der Waals surface area contributed by atoms with E-state index in [0.717, 1.165) is 4.88 Å². The minimum atomic E-state index is -0.652. The third kappa shape index (κ3) is 5.27. The molecular formula is C17H16FNO4S. The number of halogens is 1. The summed E-state index contributed by atoms with van der Waals surface area (Å²) in [4.78, 5) is 36.7. The van der Waals surface area contributed by atoms with E-state index in [0.29, 0.717) is 4.88 Å². The number of para-hydroxylation sites is 1. The molecule has 0 bridgehead atoms. The zero-order valence-electron chi connectivity index (χ0n) is 13.0. The Labute approximate surface area is 142 Å². The van der Waals surface area contributed by atoms with Gasteiger partial charge in [0.1, 0.15) is 5.82 Å². The van der Waals surface area contributed by atoms with E-state index >= 15 is 0 Å². The predicted molar refractivity (Wildman–Crippen MR) is 88.6 cm³/mol. The van der Waals surface area contributed by atoms with Gasteiger partial charge in [-0.25, -0.2) is 4.39 Å². The molecule has 5 nitrogen and oxygen atoms in total. The lowest BCUT2D eigenvalue weighted by Crippen LogP contribution is -2.21. The molecule has 0 spiro atoms. The van der Waals surface area contributed by atoms with E-state index < -0.39 is 24.3 Å². The SMILES string of the molecule is Cc1ccc(C(=O)CCC(=O)OCC(=O)Nc2ccccc2F)s1. The van der Waals surface area contributed by atoms with Crippen LogP contribution in [0.2, 0.25) is 0 Å². The number of hydrogen-bond acceptors (Lipinski definition) is 5. The number of esters is 1. The molecule has 1 aromatic heterocycles. The minimum Gasteiger partial charge on any atom is -0.456 e. The summed E-state index contributed by atoms with van der Waals surface area (Å²) in [7, 11) is 0. The fourth-order valence-electron chi connectivity index (χ4n) is 1.89. The van der Waals surface area contributed by atoms with Crippen molar-refractivity contribution in [3.8, 4) is 0 Å². The third-order valence-electron chi connectivity index (χ3n) is 3.08. The van der Waals surface area contributed by atoms with E-state index in [1.165, 1.54) is 29.5 Å². The van der Waals surface area contributed by atoms with E-state index in [9.17, 15) is 18.8 Å². The number of rotatable bonds is 7. The summed E-state index contributed by atoms with van der Waals surface area (Å²) in [5.74, 6) is -2.01. The molecule has 0 aliphatic rings. The summed E-state index contributed by atoms with van der Waals surface area (Å²) in [6.07, 6.45) is -0.0868. The molecule has 0 fully saturated rings. The van der Waals surface area contributed by atoms with Gasteiger partial charge in [0, 0.05) is 11.3 Å². The van der Waals surface area contributed by atoms with Crippen molar-refractivity contribution in [2.45, 2.75) is 19.8 Å². The van der Waals surface area contributed by atoms with Crippen LogP contribution in [-0.4, -0.2) is 24.3 Å². The molecule has 2 rings (SSSR count). The summed E-state index contributed by atoms with van der Waals surface area (Å²) in [6.45, 7) is 1.36. The van der Waals surface area contributed by atoms with Crippen LogP contribution in [0, 0.1) is 12.7 Å². The molecule has 0 aliphatic carbocycles. The van der Waals surface area contributed by atoms with Crippen LogP contribution in [-0.2, 0) is 14.3 Å². The number of ether oxygens (including phenoxy) is 1. The molecule has 0 atom stereocenters. The number of benzene rings is 1. The molecule has 2 aromatic rings. The summed E-state index contributed by atoms with van der Waals surface area (Å²) in [5.41, 5.74) is 0.0155. The van der Waals surface area contributed by atoms with E-state index in [-0.39, 0.29) is 24.3 Å². The van der Waals surface area contributed by atoms with Gasteiger partial charge >= 0.3 is 5.97 Å². The number of nitrogens with one attached hydrogen (secondary N) is 1. The minimum absolute atomic E-state index is 0.0155. The van der Waals surface area contributed by atoms with Crippen molar-refractivity contribution in [2.75, 3.05) is 11.9 Å². The fourth-order valence-corrected chi connectivity index (χ4v) is 2.73. The first kappa shape index (κ1) is 17.8. The molecule has 1 N–H and O–H groups in total. The summed E-state index contributed by atoms with van der Waals surface area (Å²) in [6, 6.07) is 9.23. The van der Waals surface area contributed by atoms with Gasteiger partial charge in [-0.1, -0.05) is 12.1 Å². The zero-order valence-corrected chi connectivity index (χ0v) is 13.8. The Morgan fingerprint density at radius 1 is 1.12 bits per heavy atom. The normalized spacial score (nSPS) is 10.2. The number of hydrogen-bond donors (Lipinski definition) is 1. The number of carbonyl (C=O) groups is 3. The highest BCUT2D eigenvalue weighted by Crippen LogP contribution is 2.17. The first-order chi connectivity index (χ1) is 11.5. The quantitative estimate of drug-likeness (QED) is 0.615. The van der Waals surface area contributed by atoms with E-state index in [1.807, 2.05) is 13.0 Å². The molecule has 0 radical (unpaired) electrons. The van der Waals surface area contributed by atoms with Gasteiger partial charge in [-0.15, -0.1) is 11.3 Å². The largest absolute Gasteiger partial charge is 0.456 e. The molecule has 0 aliphatic heterocycles.